The van der Waals surface area contributed by atoms with Crippen molar-refractivity contribution in [1.82, 2.24) is 4.98 Å². The highest BCUT2D eigenvalue weighted by Crippen LogP contribution is 2.18. The van der Waals surface area contributed by atoms with Crippen LogP contribution in [0.4, 0.5) is 0 Å². The van der Waals surface area contributed by atoms with Crippen LogP contribution in [0.2, 0.25) is 0 Å². The van der Waals surface area contributed by atoms with Crippen molar-refractivity contribution in [3.8, 4) is 11.3 Å². The van der Waals surface area contributed by atoms with Gasteiger partial charge in [0.2, 0.25) is 0 Å². The van der Waals surface area contributed by atoms with Gasteiger partial charge in [-0.25, -0.2) is 4.79 Å². The molecule has 0 aliphatic rings. The number of benzene rings is 1. The molecule has 1 aromatic heterocycles. The van der Waals surface area contributed by atoms with Crippen LogP contribution in [-0.2, 0) is 6.42 Å². The molecule has 3 nitrogen and oxygen atoms in total. The summed E-state index contributed by atoms with van der Waals surface area (Å²) in [6.45, 7) is 2.21. The Morgan fingerprint density at radius 1 is 1.05 bits per heavy atom. The molecule has 21 heavy (non-hydrogen) atoms. The molecule has 0 spiro atoms. The van der Waals surface area contributed by atoms with E-state index in [1.807, 2.05) is 12.3 Å². The highest BCUT2D eigenvalue weighted by molar-refractivity contribution is 5.88. The highest BCUT2D eigenvalue weighted by atomic mass is 16.4. The predicted molar refractivity (Wildman–Crippen MR) is 84.5 cm³/mol. The lowest BCUT2D eigenvalue weighted by molar-refractivity contribution is 0.0697. The van der Waals surface area contributed by atoms with Crippen molar-refractivity contribution >= 4 is 5.97 Å². The molecule has 2 rings (SSSR count). The number of pyridine rings is 1. The van der Waals surface area contributed by atoms with Crippen LogP contribution in [0.1, 0.15) is 48.5 Å². The minimum absolute atomic E-state index is 0.297. The third-order valence-corrected chi connectivity index (χ3v) is 3.57. The zero-order chi connectivity index (χ0) is 15.1. The Kier molecular flexibility index (Phi) is 5.50. The number of aromatic nitrogens is 1. The fourth-order valence-corrected chi connectivity index (χ4v) is 2.28. The largest absolute Gasteiger partial charge is 0.478 e. The monoisotopic (exact) mass is 283 g/mol. The Hall–Kier alpha value is -2.16. The summed E-state index contributed by atoms with van der Waals surface area (Å²) in [6.07, 6.45) is 8.03. The van der Waals surface area contributed by atoms with E-state index in [1.54, 1.807) is 24.3 Å². The summed E-state index contributed by atoms with van der Waals surface area (Å²) in [5, 5.41) is 8.89. The minimum atomic E-state index is -0.906. The molecular weight excluding hydrogens is 262 g/mol. The van der Waals surface area contributed by atoms with Gasteiger partial charge in [-0.3, -0.25) is 4.98 Å². The Bertz CT molecular complexity index is 573. The van der Waals surface area contributed by atoms with Crippen molar-refractivity contribution in [1.29, 1.82) is 0 Å². The molecule has 0 amide bonds. The van der Waals surface area contributed by atoms with Gasteiger partial charge in [-0.05, 0) is 36.6 Å². The van der Waals surface area contributed by atoms with E-state index >= 15 is 0 Å². The lowest BCUT2D eigenvalue weighted by Crippen LogP contribution is -1.95. The summed E-state index contributed by atoms with van der Waals surface area (Å²) in [5.74, 6) is -0.906. The first kappa shape index (κ1) is 15.2. The van der Waals surface area contributed by atoms with Gasteiger partial charge in [0.05, 0.1) is 11.3 Å². The summed E-state index contributed by atoms with van der Waals surface area (Å²) >= 11 is 0. The van der Waals surface area contributed by atoms with E-state index in [-0.39, 0.29) is 0 Å². The lowest BCUT2D eigenvalue weighted by Gasteiger charge is -2.04. The van der Waals surface area contributed by atoms with Gasteiger partial charge >= 0.3 is 5.97 Å². The van der Waals surface area contributed by atoms with Crippen LogP contribution in [0.15, 0.2) is 42.6 Å². The maximum atomic E-state index is 10.8. The number of carbonyl (C=O) groups is 1. The molecule has 1 aromatic carbocycles. The molecule has 0 aliphatic heterocycles. The number of aryl methyl sites for hydroxylation is 1. The number of carboxylic acids is 1. The second kappa shape index (κ2) is 7.58. The van der Waals surface area contributed by atoms with Gasteiger partial charge in [-0.15, -0.1) is 0 Å². The van der Waals surface area contributed by atoms with E-state index < -0.39 is 5.97 Å². The first-order valence-corrected chi connectivity index (χ1v) is 7.49. The standard InChI is InChI=1S/C18H21NO2/c1-2-3-4-5-6-14-7-12-17(19-13-14)15-8-10-16(11-9-15)18(20)21/h7-13H,2-6H2,1H3,(H,20,21). The van der Waals surface area contributed by atoms with Crippen LogP contribution in [-0.4, -0.2) is 16.1 Å². The summed E-state index contributed by atoms with van der Waals surface area (Å²) < 4.78 is 0. The fourth-order valence-electron chi connectivity index (χ4n) is 2.28. The van der Waals surface area contributed by atoms with Gasteiger partial charge in [0.15, 0.2) is 0 Å². The van der Waals surface area contributed by atoms with Crippen LogP contribution in [0.5, 0.6) is 0 Å². The van der Waals surface area contributed by atoms with E-state index in [1.165, 1.54) is 31.2 Å². The van der Waals surface area contributed by atoms with E-state index in [9.17, 15) is 4.79 Å². The Morgan fingerprint density at radius 2 is 1.81 bits per heavy atom. The van der Waals surface area contributed by atoms with Crippen LogP contribution < -0.4 is 0 Å². The number of carboxylic acid groups (broad SMARTS) is 1. The summed E-state index contributed by atoms with van der Waals surface area (Å²) in [4.78, 5) is 15.3. The predicted octanol–water partition coefficient (Wildman–Crippen LogP) is 4.57. The van der Waals surface area contributed by atoms with Crippen LogP contribution in [0.3, 0.4) is 0 Å². The van der Waals surface area contributed by atoms with Gasteiger partial charge in [0, 0.05) is 11.8 Å². The molecule has 2 aromatic rings. The molecular formula is C18H21NO2. The molecule has 0 bridgehead atoms. The number of hydrogen-bond donors (Lipinski definition) is 1. The first-order chi connectivity index (χ1) is 10.2. The van der Waals surface area contributed by atoms with E-state index in [4.69, 9.17) is 5.11 Å². The highest BCUT2D eigenvalue weighted by Gasteiger charge is 2.04. The number of nitrogens with zero attached hydrogens (tertiary/aromatic N) is 1. The van der Waals surface area contributed by atoms with Crippen LogP contribution >= 0.6 is 0 Å². The van der Waals surface area contributed by atoms with E-state index in [2.05, 4.69) is 18.0 Å². The lowest BCUT2D eigenvalue weighted by atomic mass is 10.1. The Balaban J connectivity index is 1.99. The SMILES string of the molecule is CCCCCCc1ccc(-c2ccc(C(=O)O)cc2)nc1. The van der Waals surface area contributed by atoms with Crippen molar-refractivity contribution < 1.29 is 9.90 Å². The molecule has 1 heterocycles. The van der Waals surface area contributed by atoms with Crippen molar-refractivity contribution in [2.75, 3.05) is 0 Å². The molecule has 3 heteroatoms. The van der Waals surface area contributed by atoms with Gasteiger partial charge in [0.25, 0.3) is 0 Å². The molecule has 1 N–H and O–H groups in total. The van der Waals surface area contributed by atoms with Crippen molar-refractivity contribution in [2.24, 2.45) is 0 Å². The second-order valence-corrected chi connectivity index (χ2v) is 5.24. The molecule has 0 fully saturated rings. The topological polar surface area (TPSA) is 50.2 Å². The molecule has 0 unspecified atom stereocenters. The summed E-state index contributed by atoms with van der Waals surface area (Å²) in [5.41, 5.74) is 3.38. The second-order valence-electron chi connectivity index (χ2n) is 5.24. The van der Waals surface area contributed by atoms with Crippen molar-refractivity contribution in [2.45, 2.75) is 39.0 Å². The van der Waals surface area contributed by atoms with E-state index in [0.717, 1.165) is 17.7 Å². The number of hydrogen-bond acceptors (Lipinski definition) is 2. The molecule has 0 saturated heterocycles. The molecule has 0 saturated carbocycles. The first-order valence-electron chi connectivity index (χ1n) is 7.49. The van der Waals surface area contributed by atoms with Gasteiger partial charge < -0.3 is 5.11 Å². The molecule has 110 valence electrons. The van der Waals surface area contributed by atoms with Crippen LogP contribution in [0, 0.1) is 0 Å². The zero-order valence-electron chi connectivity index (χ0n) is 12.4. The Labute approximate surface area is 125 Å². The minimum Gasteiger partial charge on any atom is -0.478 e. The normalized spacial score (nSPS) is 10.5. The summed E-state index contributed by atoms with van der Waals surface area (Å²) in [7, 11) is 0. The van der Waals surface area contributed by atoms with Gasteiger partial charge in [0.1, 0.15) is 0 Å². The summed E-state index contributed by atoms with van der Waals surface area (Å²) in [6, 6.07) is 10.9. The van der Waals surface area contributed by atoms with Gasteiger partial charge in [-0.2, -0.15) is 0 Å². The quantitative estimate of drug-likeness (QED) is 0.757. The van der Waals surface area contributed by atoms with Gasteiger partial charge in [-0.1, -0.05) is 44.4 Å². The molecule has 0 radical (unpaired) electrons. The smallest absolute Gasteiger partial charge is 0.335 e. The number of aromatic carboxylic acids is 1. The zero-order valence-corrected chi connectivity index (χ0v) is 12.4. The average molecular weight is 283 g/mol. The third-order valence-electron chi connectivity index (χ3n) is 3.57. The van der Waals surface area contributed by atoms with Crippen molar-refractivity contribution in [3.05, 3.63) is 53.7 Å². The Morgan fingerprint density at radius 3 is 2.38 bits per heavy atom. The molecule has 0 aliphatic carbocycles. The van der Waals surface area contributed by atoms with E-state index in [0.29, 0.717) is 5.56 Å². The van der Waals surface area contributed by atoms with Crippen LogP contribution in [0.25, 0.3) is 11.3 Å². The number of rotatable bonds is 7. The third kappa shape index (κ3) is 4.42. The fraction of sp³-hybridized carbons (Fsp3) is 0.333. The maximum absolute atomic E-state index is 10.8. The maximum Gasteiger partial charge on any atom is 0.335 e. The average Bonchev–Trinajstić information content (AvgIpc) is 2.52. The number of unbranched alkanes of at least 4 members (excludes halogenated alkanes) is 3. The molecule has 0 atom stereocenters. The van der Waals surface area contributed by atoms with Crippen molar-refractivity contribution in [3.63, 3.8) is 0 Å².